The molecule has 2 unspecified atom stereocenters. The third kappa shape index (κ3) is 4.07. The Morgan fingerprint density at radius 2 is 2.50 bits per heavy atom. The van der Waals surface area contributed by atoms with Crippen molar-refractivity contribution in [1.29, 1.82) is 0 Å². The van der Waals surface area contributed by atoms with Gasteiger partial charge in [0.05, 0.1) is 18.6 Å². The highest BCUT2D eigenvalue weighted by molar-refractivity contribution is 5.78. The predicted molar refractivity (Wildman–Crippen MR) is 52.9 cm³/mol. The molecule has 0 bridgehead atoms. The van der Waals surface area contributed by atoms with Crippen LogP contribution in [0.25, 0.3) is 0 Å². The topological polar surface area (TPSA) is 58.6 Å². The van der Waals surface area contributed by atoms with Gasteiger partial charge in [0, 0.05) is 13.2 Å². The lowest BCUT2D eigenvalue weighted by atomic mass is 10.1. The van der Waals surface area contributed by atoms with Gasteiger partial charge in [-0.1, -0.05) is 0 Å². The van der Waals surface area contributed by atoms with Crippen molar-refractivity contribution < 1.29 is 14.6 Å². The molecule has 0 radical (unpaired) electrons. The number of ether oxygens (including phenoxy) is 1. The molecule has 1 aliphatic rings. The van der Waals surface area contributed by atoms with Crippen molar-refractivity contribution in [1.82, 2.24) is 5.32 Å². The molecule has 2 atom stereocenters. The van der Waals surface area contributed by atoms with E-state index in [-0.39, 0.29) is 17.9 Å². The Bertz CT molecular complexity index is 176. The highest BCUT2D eigenvalue weighted by Crippen LogP contribution is 2.11. The molecule has 0 aromatic rings. The number of aliphatic hydroxyl groups excluding tert-OH is 1. The van der Waals surface area contributed by atoms with Crippen LogP contribution in [0.2, 0.25) is 0 Å². The van der Waals surface area contributed by atoms with Crippen molar-refractivity contribution in [2.45, 2.75) is 32.3 Å². The molecule has 0 saturated carbocycles. The lowest BCUT2D eigenvalue weighted by Gasteiger charge is -2.09. The van der Waals surface area contributed by atoms with E-state index in [4.69, 9.17) is 9.84 Å². The Balaban J connectivity index is 2.03. The van der Waals surface area contributed by atoms with Gasteiger partial charge < -0.3 is 15.2 Å². The molecular formula is C10H19NO3. The summed E-state index contributed by atoms with van der Waals surface area (Å²) in [4.78, 5) is 11.4. The minimum atomic E-state index is -0.276. The monoisotopic (exact) mass is 201 g/mol. The second-order valence-corrected chi connectivity index (χ2v) is 3.84. The maximum Gasteiger partial charge on any atom is 0.225 e. The van der Waals surface area contributed by atoms with Gasteiger partial charge in [0.2, 0.25) is 5.91 Å². The molecule has 1 saturated heterocycles. The van der Waals surface area contributed by atoms with Crippen LogP contribution in [0.4, 0.5) is 0 Å². The highest BCUT2D eigenvalue weighted by atomic mass is 16.5. The van der Waals surface area contributed by atoms with E-state index in [0.29, 0.717) is 19.8 Å². The summed E-state index contributed by atoms with van der Waals surface area (Å²) in [6.07, 6.45) is 2.13. The summed E-state index contributed by atoms with van der Waals surface area (Å²) < 4.78 is 5.12. The average Bonchev–Trinajstić information content (AvgIpc) is 2.64. The molecule has 2 N–H and O–H groups in total. The van der Waals surface area contributed by atoms with Crippen LogP contribution in [0.1, 0.15) is 26.2 Å². The van der Waals surface area contributed by atoms with Crippen LogP contribution < -0.4 is 5.32 Å². The Kier molecular flexibility index (Phi) is 4.90. The number of hydrogen-bond acceptors (Lipinski definition) is 3. The van der Waals surface area contributed by atoms with Crippen LogP contribution in [0.15, 0.2) is 0 Å². The summed E-state index contributed by atoms with van der Waals surface area (Å²) >= 11 is 0. The van der Waals surface area contributed by atoms with E-state index in [1.807, 2.05) is 0 Å². The zero-order valence-corrected chi connectivity index (χ0v) is 8.66. The summed E-state index contributed by atoms with van der Waals surface area (Å²) in [6.45, 7) is 3.67. The molecule has 14 heavy (non-hydrogen) atoms. The van der Waals surface area contributed by atoms with Gasteiger partial charge in [0.1, 0.15) is 0 Å². The van der Waals surface area contributed by atoms with Crippen LogP contribution in [0.5, 0.6) is 0 Å². The first-order chi connectivity index (χ1) is 6.70. The molecule has 0 aliphatic carbocycles. The number of carbonyl (C=O) groups is 1. The van der Waals surface area contributed by atoms with E-state index >= 15 is 0 Å². The van der Waals surface area contributed by atoms with Crippen molar-refractivity contribution in [2.75, 3.05) is 19.8 Å². The van der Waals surface area contributed by atoms with Crippen LogP contribution in [-0.4, -0.2) is 36.9 Å². The van der Waals surface area contributed by atoms with Gasteiger partial charge >= 0.3 is 0 Å². The summed E-state index contributed by atoms with van der Waals surface area (Å²) in [5, 5.41) is 11.8. The molecule has 0 aromatic carbocycles. The van der Waals surface area contributed by atoms with Gasteiger partial charge in [-0.2, -0.15) is 0 Å². The van der Waals surface area contributed by atoms with Gasteiger partial charge in [-0.05, 0) is 26.2 Å². The lowest BCUT2D eigenvalue weighted by Crippen LogP contribution is -2.31. The Morgan fingerprint density at radius 3 is 3.07 bits per heavy atom. The summed E-state index contributed by atoms with van der Waals surface area (Å²) in [7, 11) is 0. The third-order valence-corrected chi connectivity index (χ3v) is 2.40. The van der Waals surface area contributed by atoms with Gasteiger partial charge in [-0.15, -0.1) is 0 Å². The molecule has 1 fully saturated rings. The molecule has 1 aliphatic heterocycles. The Hall–Kier alpha value is -0.610. The molecule has 0 spiro atoms. The summed E-state index contributed by atoms with van der Waals surface area (Å²) in [5.74, 6) is 0.134. The van der Waals surface area contributed by atoms with Crippen molar-refractivity contribution in [3.63, 3.8) is 0 Å². The first kappa shape index (κ1) is 11.5. The Labute approximate surface area is 84.6 Å². The molecule has 0 aromatic heterocycles. The molecule has 1 amide bonds. The van der Waals surface area contributed by atoms with E-state index in [1.54, 1.807) is 6.92 Å². The average molecular weight is 201 g/mol. The largest absolute Gasteiger partial charge is 0.393 e. The van der Waals surface area contributed by atoms with Gasteiger partial charge in [-0.3, -0.25) is 4.79 Å². The highest BCUT2D eigenvalue weighted by Gasteiger charge is 2.22. The van der Waals surface area contributed by atoms with Gasteiger partial charge in [0.15, 0.2) is 0 Å². The van der Waals surface area contributed by atoms with Crippen molar-refractivity contribution in [2.24, 2.45) is 5.92 Å². The van der Waals surface area contributed by atoms with Crippen molar-refractivity contribution >= 4 is 5.91 Å². The normalized spacial score (nSPS) is 23.4. The predicted octanol–water partition coefficient (Wildman–Crippen LogP) is 0.300. The molecule has 4 heteroatoms. The molecule has 82 valence electrons. The van der Waals surface area contributed by atoms with E-state index < -0.39 is 0 Å². The standard InChI is InChI=1S/C10H19NO3/c1-8(12)3-2-5-11-10(13)9-4-6-14-7-9/h8-9,12H,2-7H2,1H3,(H,11,13). The Morgan fingerprint density at radius 1 is 1.71 bits per heavy atom. The van der Waals surface area contributed by atoms with Crippen LogP contribution in [-0.2, 0) is 9.53 Å². The maximum absolute atomic E-state index is 11.4. The minimum absolute atomic E-state index is 0.0431. The zero-order valence-electron chi connectivity index (χ0n) is 8.66. The second-order valence-electron chi connectivity index (χ2n) is 3.84. The SMILES string of the molecule is CC(O)CCCNC(=O)C1CCOC1. The van der Waals surface area contributed by atoms with Crippen molar-refractivity contribution in [3.05, 3.63) is 0 Å². The summed E-state index contributed by atoms with van der Waals surface area (Å²) in [5.41, 5.74) is 0. The maximum atomic E-state index is 11.4. The number of nitrogens with one attached hydrogen (secondary N) is 1. The number of rotatable bonds is 5. The number of carbonyl (C=O) groups excluding carboxylic acids is 1. The van der Waals surface area contributed by atoms with E-state index in [0.717, 1.165) is 19.3 Å². The number of aliphatic hydroxyl groups is 1. The smallest absolute Gasteiger partial charge is 0.225 e. The van der Waals surface area contributed by atoms with Gasteiger partial charge in [0.25, 0.3) is 0 Å². The first-order valence-corrected chi connectivity index (χ1v) is 5.23. The minimum Gasteiger partial charge on any atom is -0.393 e. The van der Waals surface area contributed by atoms with Gasteiger partial charge in [-0.25, -0.2) is 0 Å². The molecule has 4 nitrogen and oxygen atoms in total. The molecule has 1 heterocycles. The molecular weight excluding hydrogens is 182 g/mol. The van der Waals surface area contributed by atoms with Crippen molar-refractivity contribution in [3.8, 4) is 0 Å². The van der Waals surface area contributed by atoms with Crippen LogP contribution >= 0.6 is 0 Å². The zero-order chi connectivity index (χ0) is 10.4. The fourth-order valence-electron chi connectivity index (χ4n) is 1.49. The second kappa shape index (κ2) is 5.98. The first-order valence-electron chi connectivity index (χ1n) is 5.23. The summed E-state index contributed by atoms with van der Waals surface area (Å²) in [6, 6.07) is 0. The van der Waals surface area contributed by atoms with Crippen LogP contribution in [0.3, 0.4) is 0 Å². The van der Waals surface area contributed by atoms with E-state index in [2.05, 4.69) is 5.32 Å². The fraction of sp³-hybridized carbons (Fsp3) is 0.900. The number of hydrogen-bond donors (Lipinski definition) is 2. The number of amides is 1. The van der Waals surface area contributed by atoms with E-state index in [1.165, 1.54) is 0 Å². The van der Waals surface area contributed by atoms with Crippen LogP contribution in [0, 0.1) is 5.92 Å². The quantitative estimate of drug-likeness (QED) is 0.629. The van der Waals surface area contributed by atoms with E-state index in [9.17, 15) is 4.79 Å². The fourth-order valence-corrected chi connectivity index (χ4v) is 1.49. The lowest BCUT2D eigenvalue weighted by molar-refractivity contribution is -0.124. The third-order valence-electron chi connectivity index (χ3n) is 2.40. The molecule has 1 rings (SSSR count).